The maximum Gasteiger partial charge on any atom is 0.376 e. The summed E-state index contributed by atoms with van der Waals surface area (Å²) in [6, 6.07) is 19.9. The summed E-state index contributed by atoms with van der Waals surface area (Å²) in [7, 11) is 0. The lowest BCUT2D eigenvalue weighted by Gasteiger charge is -2.23. The fraction of sp³-hybridized carbons (Fsp3) is 0.387. The summed E-state index contributed by atoms with van der Waals surface area (Å²) in [4.78, 5) is 38.7. The number of nitrogens with zero attached hydrogens (tertiary/aromatic N) is 4. The zero-order valence-corrected chi connectivity index (χ0v) is 23.6. The van der Waals surface area contributed by atoms with E-state index in [1.54, 1.807) is 31.7 Å². The number of ether oxygens (including phenoxy) is 3. The van der Waals surface area contributed by atoms with Crippen molar-refractivity contribution in [3.63, 3.8) is 0 Å². The third kappa shape index (κ3) is 5.21. The highest BCUT2D eigenvalue weighted by Crippen LogP contribution is 2.47. The molecule has 1 saturated heterocycles. The molecule has 3 heterocycles. The van der Waals surface area contributed by atoms with Gasteiger partial charge in [0.05, 0.1) is 24.9 Å². The standard InChI is InChI=1S/C31H33N5O6/c1-4-40-30(39)27-34-26(32-16-21(18-11-7-5-8-12-18)19-13-9-6-10-14-19)23-28(35-27)36(17-33-23)22-15-20(29(37)38)24-25(22)42-31(2,3)41-24/h5-14,17,20-22,24-25H,4,15-16H2,1-3H3,(H,37,38)(H,32,34,35)/t20-,22+,24+,25-/m0/s1. The average Bonchev–Trinajstić information content (AvgIpc) is 3.64. The fourth-order valence-corrected chi connectivity index (χ4v) is 6.03. The van der Waals surface area contributed by atoms with Crippen molar-refractivity contribution in [3.05, 3.63) is 83.9 Å². The van der Waals surface area contributed by atoms with Crippen LogP contribution < -0.4 is 5.32 Å². The van der Waals surface area contributed by atoms with Gasteiger partial charge in [0.2, 0.25) is 5.82 Å². The van der Waals surface area contributed by atoms with E-state index in [2.05, 4.69) is 44.5 Å². The zero-order valence-electron chi connectivity index (χ0n) is 23.6. The number of carboxylic acid groups (broad SMARTS) is 1. The number of hydrogen-bond acceptors (Lipinski definition) is 9. The van der Waals surface area contributed by atoms with E-state index in [9.17, 15) is 14.7 Å². The van der Waals surface area contributed by atoms with E-state index in [1.165, 1.54) is 0 Å². The van der Waals surface area contributed by atoms with Crippen LogP contribution >= 0.6 is 0 Å². The molecule has 2 aromatic heterocycles. The summed E-state index contributed by atoms with van der Waals surface area (Å²) in [5, 5.41) is 13.4. The van der Waals surface area contributed by atoms with Crippen molar-refractivity contribution in [1.29, 1.82) is 0 Å². The highest BCUT2D eigenvalue weighted by molar-refractivity contribution is 5.91. The smallest absolute Gasteiger partial charge is 0.376 e. The maximum absolute atomic E-state index is 12.9. The third-order valence-corrected chi connectivity index (χ3v) is 7.87. The summed E-state index contributed by atoms with van der Waals surface area (Å²) in [5.74, 6) is -3.05. The van der Waals surface area contributed by atoms with Crippen LogP contribution in [-0.4, -0.2) is 67.7 Å². The van der Waals surface area contributed by atoms with Crippen molar-refractivity contribution in [3.8, 4) is 0 Å². The first-order valence-corrected chi connectivity index (χ1v) is 14.1. The van der Waals surface area contributed by atoms with Gasteiger partial charge in [-0.3, -0.25) is 4.79 Å². The molecule has 0 bridgehead atoms. The summed E-state index contributed by atoms with van der Waals surface area (Å²) in [5.41, 5.74) is 3.08. The van der Waals surface area contributed by atoms with E-state index < -0.39 is 41.9 Å². The Bertz CT molecular complexity index is 1550. The number of rotatable bonds is 9. The largest absolute Gasteiger partial charge is 0.481 e. The molecule has 2 aliphatic rings. The summed E-state index contributed by atoms with van der Waals surface area (Å²) >= 11 is 0. The van der Waals surface area contributed by atoms with Crippen LogP contribution in [-0.2, 0) is 19.0 Å². The minimum atomic E-state index is -0.949. The molecular formula is C31H33N5O6. The number of carbonyl (C=O) groups excluding carboxylic acids is 1. The van der Waals surface area contributed by atoms with Gasteiger partial charge in [-0.1, -0.05) is 60.7 Å². The molecule has 2 aromatic carbocycles. The predicted octanol–water partition coefficient (Wildman–Crippen LogP) is 4.41. The Kier molecular flexibility index (Phi) is 7.38. The second kappa shape index (κ2) is 11.1. The Morgan fingerprint density at radius 1 is 1.05 bits per heavy atom. The number of benzene rings is 2. The first kappa shape index (κ1) is 27.8. The van der Waals surface area contributed by atoms with E-state index in [-0.39, 0.29) is 24.8 Å². The molecule has 2 fully saturated rings. The van der Waals surface area contributed by atoms with E-state index >= 15 is 0 Å². The van der Waals surface area contributed by atoms with Gasteiger partial charge in [-0.25, -0.2) is 19.7 Å². The Labute approximate surface area is 242 Å². The highest BCUT2D eigenvalue weighted by Gasteiger charge is 2.57. The van der Waals surface area contributed by atoms with Crippen LogP contribution in [0.2, 0.25) is 0 Å². The number of hydrogen-bond donors (Lipinski definition) is 2. The molecule has 1 aliphatic heterocycles. The molecule has 6 rings (SSSR count). The molecule has 4 atom stereocenters. The van der Waals surface area contributed by atoms with Crippen LogP contribution in [0.3, 0.4) is 0 Å². The minimum absolute atomic E-state index is 0.0104. The van der Waals surface area contributed by atoms with Gasteiger partial charge >= 0.3 is 11.9 Å². The lowest BCUT2D eigenvalue weighted by molar-refractivity contribution is -0.167. The monoisotopic (exact) mass is 571 g/mol. The third-order valence-electron chi connectivity index (χ3n) is 7.87. The lowest BCUT2D eigenvalue weighted by Crippen LogP contribution is -2.30. The Morgan fingerprint density at radius 3 is 2.31 bits per heavy atom. The van der Waals surface area contributed by atoms with Crippen LogP contribution in [0.1, 0.15) is 60.9 Å². The van der Waals surface area contributed by atoms with Crippen LogP contribution in [0.25, 0.3) is 11.2 Å². The number of imidazole rings is 1. The normalized spacial score (nSPS) is 22.8. The molecule has 1 saturated carbocycles. The number of esters is 1. The Morgan fingerprint density at radius 2 is 1.69 bits per heavy atom. The van der Waals surface area contributed by atoms with E-state index in [4.69, 9.17) is 14.2 Å². The number of carbonyl (C=O) groups is 2. The second-order valence-corrected chi connectivity index (χ2v) is 11.0. The van der Waals surface area contributed by atoms with E-state index in [0.29, 0.717) is 23.5 Å². The predicted molar refractivity (Wildman–Crippen MR) is 153 cm³/mol. The molecular weight excluding hydrogens is 538 g/mol. The van der Waals surface area contributed by atoms with Crippen molar-refractivity contribution in [2.75, 3.05) is 18.5 Å². The summed E-state index contributed by atoms with van der Waals surface area (Å²) in [6.45, 7) is 5.89. The number of aromatic nitrogens is 4. The summed E-state index contributed by atoms with van der Waals surface area (Å²) in [6.07, 6.45) is 0.710. The van der Waals surface area contributed by atoms with Crippen LogP contribution in [0.15, 0.2) is 67.0 Å². The molecule has 42 heavy (non-hydrogen) atoms. The topological polar surface area (TPSA) is 138 Å². The second-order valence-electron chi connectivity index (χ2n) is 11.0. The fourth-order valence-electron chi connectivity index (χ4n) is 6.03. The molecule has 218 valence electrons. The van der Waals surface area contributed by atoms with E-state index in [0.717, 1.165) is 11.1 Å². The lowest BCUT2D eigenvalue weighted by atomic mass is 9.91. The first-order chi connectivity index (χ1) is 20.3. The summed E-state index contributed by atoms with van der Waals surface area (Å²) < 4.78 is 19.2. The Hall–Kier alpha value is -4.35. The van der Waals surface area contributed by atoms with Crippen molar-refractivity contribution >= 4 is 28.9 Å². The molecule has 0 radical (unpaired) electrons. The molecule has 0 unspecified atom stereocenters. The van der Waals surface area contributed by atoms with Gasteiger partial charge in [0.1, 0.15) is 17.7 Å². The molecule has 0 amide bonds. The van der Waals surface area contributed by atoms with Crippen molar-refractivity contribution < 1.29 is 28.9 Å². The number of aliphatic carboxylic acids is 1. The molecule has 2 N–H and O–H groups in total. The number of carboxylic acids is 1. The van der Waals surface area contributed by atoms with Gasteiger partial charge < -0.3 is 29.2 Å². The van der Waals surface area contributed by atoms with Gasteiger partial charge in [0, 0.05) is 12.5 Å². The quantitative estimate of drug-likeness (QED) is 0.278. The number of fused-ring (bicyclic) bond motifs is 2. The minimum Gasteiger partial charge on any atom is -0.481 e. The first-order valence-electron chi connectivity index (χ1n) is 14.1. The molecule has 0 spiro atoms. The van der Waals surface area contributed by atoms with Crippen molar-refractivity contribution in [2.24, 2.45) is 5.92 Å². The van der Waals surface area contributed by atoms with E-state index in [1.807, 2.05) is 36.4 Å². The van der Waals surface area contributed by atoms with Gasteiger partial charge in [0.25, 0.3) is 0 Å². The van der Waals surface area contributed by atoms with Crippen LogP contribution in [0.5, 0.6) is 0 Å². The SMILES string of the molecule is CCOC(=O)c1nc(NCC(c2ccccc2)c2ccccc2)c2ncn([C@@H]3C[C@H](C(=O)O)[C@H]4OC(C)(C)O[C@H]43)c2n1. The molecule has 4 aromatic rings. The van der Waals surface area contributed by atoms with Crippen molar-refractivity contribution in [2.45, 2.75) is 57.1 Å². The van der Waals surface area contributed by atoms with Crippen LogP contribution in [0.4, 0.5) is 5.82 Å². The Balaban J connectivity index is 1.39. The average molecular weight is 572 g/mol. The van der Waals surface area contributed by atoms with Gasteiger partial charge in [-0.15, -0.1) is 0 Å². The molecule has 1 aliphatic carbocycles. The maximum atomic E-state index is 12.9. The molecule has 11 heteroatoms. The van der Waals surface area contributed by atoms with Gasteiger partial charge in [0.15, 0.2) is 17.3 Å². The van der Waals surface area contributed by atoms with Crippen molar-refractivity contribution in [1.82, 2.24) is 19.5 Å². The van der Waals surface area contributed by atoms with Gasteiger partial charge in [-0.2, -0.15) is 0 Å². The molecule has 11 nitrogen and oxygen atoms in total. The highest BCUT2D eigenvalue weighted by atomic mass is 16.8. The number of anilines is 1. The zero-order chi connectivity index (χ0) is 29.4. The number of nitrogens with one attached hydrogen (secondary N) is 1. The van der Waals surface area contributed by atoms with Gasteiger partial charge in [-0.05, 0) is 38.3 Å². The van der Waals surface area contributed by atoms with Crippen LogP contribution in [0, 0.1) is 5.92 Å².